The number of hydrogen-bond donors (Lipinski definition) is 2. The van der Waals surface area contributed by atoms with Gasteiger partial charge in [0.1, 0.15) is 36.4 Å². The lowest BCUT2D eigenvalue weighted by Crippen LogP contribution is -2.42. The number of fused-ring (bicyclic) bond motifs is 1. The standard InChI is InChI=1S/C23H22ClF2N5O3/c1-13(25)23(32)30-20-8-16-19(9-21(20)34-11-15-10-31(2)5-6-33-15)27-12-28-22(16)29-14-3-4-18(26)17(24)7-14/h3-4,7-9,12,15H,1,5-6,10-11H2,2H3,(H,30,32)(H,27,28,29)/t15-/m1/s1. The molecule has 1 amide bonds. The van der Waals surface area contributed by atoms with Crippen molar-refractivity contribution in [3.8, 4) is 5.75 Å². The second kappa shape index (κ2) is 10.3. The molecule has 34 heavy (non-hydrogen) atoms. The van der Waals surface area contributed by atoms with E-state index in [0.717, 1.165) is 6.54 Å². The zero-order chi connectivity index (χ0) is 24.2. The first-order valence-electron chi connectivity index (χ1n) is 10.4. The molecule has 1 aliphatic heterocycles. The normalized spacial score (nSPS) is 16.3. The second-order valence-corrected chi connectivity index (χ2v) is 8.17. The number of nitrogens with one attached hydrogen (secondary N) is 2. The number of halogens is 3. The van der Waals surface area contributed by atoms with Gasteiger partial charge < -0.3 is 25.0 Å². The summed E-state index contributed by atoms with van der Waals surface area (Å²) >= 11 is 5.87. The third-order valence-corrected chi connectivity index (χ3v) is 5.47. The second-order valence-electron chi connectivity index (χ2n) is 7.77. The maximum absolute atomic E-state index is 13.5. The summed E-state index contributed by atoms with van der Waals surface area (Å²) in [5, 5.41) is 5.97. The zero-order valence-electron chi connectivity index (χ0n) is 18.3. The van der Waals surface area contributed by atoms with Crippen molar-refractivity contribution in [3.05, 3.63) is 59.9 Å². The van der Waals surface area contributed by atoms with Crippen LogP contribution in [0.4, 0.5) is 26.0 Å². The van der Waals surface area contributed by atoms with Crippen LogP contribution >= 0.6 is 11.6 Å². The van der Waals surface area contributed by atoms with Crippen LogP contribution in [0.2, 0.25) is 5.02 Å². The van der Waals surface area contributed by atoms with Gasteiger partial charge in [0.25, 0.3) is 5.91 Å². The predicted molar refractivity (Wildman–Crippen MR) is 126 cm³/mol. The Labute approximate surface area is 199 Å². The number of morpholine rings is 1. The van der Waals surface area contributed by atoms with Crippen molar-refractivity contribution < 1.29 is 23.0 Å². The topological polar surface area (TPSA) is 88.6 Å². The Hall–Kier alpha value is -3.34. The molecule has 11 heteroatoms. The number of ether oxygens (including phenoxy) is 2. The number of aromatic nitrogens is 2. The van der Waals surface area contributed by atoms with E-state index < -0.39 is 17.6 Å². The van der Waals surface area contributed by atoms with E-state index >= 15 is 0 Å². The number of likely N-dealkylation sites (N-methyl/N-ethyl adjacent to an activating group) is 1. The maximum atomic E-state index is 13.5. The Balaban J connectivity index is 1.67. The lowest BCUT2D eigenvalue weighted by atomic mass is 10.1. The van der Waals surface area contributed by atoms with Gasteiger partial charge in [-0.1, -0.05) is 18.2 Å². The number of carbonyl (C=O) groups excluding carboxylic acids is 1. The van der Waals surface area contributed by atoms with Crippen LogP contribution < -0.4 is 15.4 Å². The highest BCUT2D eigenvalue weighted by Gasteiger charge is 2.20. The van der Waals surface area contributed by atoms with Crippen LogP contribution in [0.1, 0.15) is 0 Å². The summed E-state index contributed by atoms with van der Waals surface area (Å²) in [4.78, 5) is 22.7. The predicted octanol–water partition coefficient (Wildman–Crippen LogP) is 4.30. The lowest BCUT2D eigenvalue weighted by Gasteiger charge is -2.30. The lowest BCUT2D eigenvalue weighted by molar-refractivity contribution is -0.114. The van der Waals surface area contributed by atoms with Gasteiger partial charge in [-0.05, 0) is 31.3 Å². The summed E-state index contributed by atoms with van der Waals surface area (Å²) in [6.45, 7) is 5.36. The van der Waals surface area contributed by atoms with Crippen LogP contribution in [0.3, 0.4) is 0 Å². The number of hydrogen-bond acceptors (Lipinski definition) is 7. The largest absolute Gasteiger partial charge is 0.489 e. The molecule has 0 aliphatic carbocycles. The summed E-state index contributed by atoms with van der Waals surface area (Å²) < 4.78 is 38.6. The van der Waals surface area contributed by atoms with Crippen LogP contribution in [-0.4, -0.2) is 60.2 Å². The van der Waals surface area contributed by atoms with Crippen LogP contribution in [0.25, 0.3) is 10.9 Å². The van der Waals surface area contributed by atoms with Crippen LogP contribution in [0.5, 0.6) is 5.75 Å². The van der Waals surface area contributed by atoms with E-state index in [0.29, 0.717) is 35.6 Å². The fourth-order valence-electron chi connectivity index (χ4n) is 3.45. The monoisotopic (exact) mass is 489 g/mol. The summed E-state index contributed by atoms with van der Waals surface area (Å²) in [5.41, 5.74) is 1.20. The molecule has 1 fully saturated rings. The van der Waals surface area contributed by atoms with Gasteiger partial charge >= 0.3 is 0 Å². The SMILES string of the molecule is C=C(F)C(=O)Nc1cc2c(Nc3ccc(F)c(Cl)c3)ncnc2cc1OC[C@H]1CN(C)CCO1. The van der Waals surface area contributed by atoms with E-state index in [1.165, 1.54) is 24.5 Å². The third kappa shape index (κ3) is 5.58. The zero-order valence-corrected chi connectivity index (χ0v) is 19.0. The Morgan fingerprint density at radius 1 is 1.35 bits per heavy atom. The number of amides is 1. The molecule has 4 rings (SSSR count). The molecule has 1 aromatic heterocycles. The average molecular weight is 490 g/mol. The highest BCUT2D eigenvalue weighted by molar-refractivity contribution is 6.31. The van der Waals surface area contributed by atoms with Crippen LogP contribution in [0.15, 0.2) is 49.1 Å². The van der Waals surface area contributed by atoms with Crippen molar-refractivity contribution in [1.29, 1.82) is 0 Å². The molecule has 1 saturated heterocycles. The number of rotatable bonds is 7. The van der Waals surface area contributed by atoms with Crippen molar-refractivity contribution in [2.75, 3.05) is 44.0 Å². The average Bonchev–Trinajstić information content (AvgIpc) is 2.80. The first-order valence-corrected chi connectivity index (χ1v) is 10.8. The van der Waals surface area contributed by atoms with E-state index in [2.05, 4.69) is 32.1 Å². The van der Waals surface area contributed by atoms with Crippen molar-refractivity contribution in [2.45, 2.75) is 6.10 Å². The van der Waals surface area contributed by atoms with Gasteiger partial charge in [0.15, 0.2) is 5.83 Å². The van der Waals surface area contributed by atoms with Gasteiger partial charge in [-0.3, -0.25) is 4.79 Å². The van der Waals surface area contributed by atoms with Crippen LogP contribution in [0, 0.1) is 5.82 Å². The van der Waals surface area contributed by atoms with Crippen molar-refractivity contribution >= 4 is 45.6 Å². The number of benzene rings is 2. The van der Waals surface area contributed by atoms with Gasteiger partial charge in [-0.15, -0.1) is 0 Å². The fraction of sp³-hybridized carbons (Fsp3) is 0.261. The maximum Gasteiger partial charge on any atom is 0.283 e. The number of anilines is 3. The molecule has 0 bridgehead atoms. The molecule has 3 aromatic rings. The molecule has 2 N–H and O–H groups in total. The van der Waals surface area contributed by atoms with Gasteiger partial charge in [0, 0.05) is 30.2 Å². The Morgan fingerprint density at radius 3 is 2.91 bits per heavy atom. The first-order chi connectivity index (χ1) is 16.3. The van der Waals surface area contributed by atoms with E-state index in [4.69, 9.17) is 21.1 Å². The number of carbonyl (C=O) groups is 1. The summed E-state index contributed by atoms with van der Waals surface area (Å²) in [5.74, 6) is -2.05. The minimum Gasteiger partial charge on any atom is -0.489 e. The minimum absolute atomic E-state index is 0.0518. The van der Waals surface area contributed by atoms with Gasteiger partial charge in [-0.2, -0.15) is 0 Å². The Kier molecular flexibility index (Phi) is 7.20. The van der Waals surface area contributed by atoms with Gasteiger partial charge in [-0.25, -0.2) is 18.7 Å². The van der Waals surface area contributed by atoms with E-state index in [1.807, 2.05) is 7.05 Å². The molecule has 0 saturated carbocycles. The molecular formula is C23H22ClF2N5O3. The van der Waals surface area contributed by atoms with Gasteiger partial charge in [0.05, 0.1) is 22.8 Å². The minimum atomic E-state index is -1.15. The van der Waals surface area contributed by atoms with Crippen molar-refractivity contribution in [3.63, 3.8) is 0 Å². The molecule has 0 unspecified atom stereocenters. The number of nitrogens with zero attached hydrogens (tertiary/aromatic N) is 3. The fourth-order valence-corrected chi connectivity index (χ4v) is 3.63. The molecule has 2 aromatic carbocycles. The summed E-state index contributed by atoms with van der Waals surface area (Å²) in [7, 11) is 1.99. The highest BCUT2D eigenvalue weighted by atomic mass is 35.5. The molecule has 0 spiro atoms. The van der Waals surface area contributed by atoms with E-state index in [9.17, 15) is 13.6 Å². The molecule has 1 aliphatic rings. The quantitative estimate of drug-likeness (QED) is 0.478. The van der Waals surface area contributed by atoms with Crippen LogP contribution in [-0.2, 0) is 9.53 Å². The highest BCUT2D eigenvalue weighted by Crippen LogP contribution is 2.34. The Morgan fingerprint density at radius 2 is 2.18 bits per heavy atom. The van der Waals surface area contributed by atoms with Crippen molar-refractivity contribution in [2.24, 2.45) is 0 Å². The van der Waals surface area contributed by atoms with Gasteiger partial charge in [0.2, 0.25) is 0 Å². The summed E-state index contributed by atoms with van der Waals surface area (Å²) in [6, 6.07) is 7.32. The summed E-state index contributed by atoms with van der Waals surface area (Å²) in [6.07, 6.45) is 1.18. The first kappa shape index (κ1) is 23.8. The molecule has 0 radical (unpaired) electrons. The molecule has 2 heterocycles. The molecule has 8 nitrogen and oxygen atoms in total. The third-order valence-electron chi connectivity index (χ3n) is 5.18. The molecular weight excluding hydrogens is 468 g/mol. The smallest absolute Gasteiger partial charge is 0.283 e. The molecule has 178 valence electrons. The Bertz CT molecular complexity index is 1240. The van der Waals surface area contributed by atoms with E-state index in [-0.39, 0.29) is 29.2 Å². The van der Waals surface area contributed by atoms with E-state index in [1.54, 1.807) is 12.1 Å². The van der Waals surface area contributed by atoms with Crippen molar-refractivity contribution in [1.82, 2.24) is 14.9 Å². The molecule has 1 atom stereocenters.